The summed E-state index contributed by atoms with van der Waals surface area (Å²) in [6.45, 7) is 9.32. The first-order chi connectivity index (χ1) is 7.29. The molecule has 2 N–H and O–H groups in total. The minimum absolute atomic E-state index is 0.290. The molecule has 0 radical (unpaired) electrons. The first-order valence-electron chi connectivity index (χ1n) is 5.48. The molecule has 1 aromatic rings. The number of ether oxygens (including phenoxy) is 1. The molecule has 0 saturated heterocycles. The van der Waals surface area contributed by atoms with Gasteiger partial charge in [-0.2, -0.15) is 0 Å². The van der Waals surface area contributed by atoms with Gasteiger partial charge in [-0.05, 0) is 36.5 Å². The second kappa shape index (κ2) is 5.09. The number of anilines is 1. The summed E-state index contributed by atoms with van der Waals surface area (Å²) in [6, 6.07) is 3.89. The van der Waals surface area contributed by atoms with Crippen LogP contribution in [-0.4, -0.2) is 6.61 Å². The van der Waals surface area contributed by atoms with Crippen LogP contribution in [0.15, 0.2) is 16.6 Å². The summed E-state index contributed by atoms with van der Waals surface area (Å²) >= 11 is 3.41. The number of halogens is 1. The number of nitrogens with two attached hydrogens (primary N) is 1. The quantitative estimate of drug-likeness (QED) is 0.847. The lowest BCUT2D eigenvalue weighted by Gasteiger charge is -2.19. The van der Waals surface area contributed by atoms with Crippen molar-refractivity contribution in [3.05, 3.63) is 22.2 Å². The van der Waals surface area contributed by atoms with E-state index in [0.717, 1.165) is 22.2 Å². The van der Waals surface area contributed by atoms with E-state index in [4.69, 9.17) is 10.5 Å². The normalized spacial score (nSPS) is 11.6. The van der Waals surface area contributed by atoms with Crippen LogP contribution >= 0.6 is 15.9 Å². The Labute approximate surface area is 106 Å². The van der Waals surface area contributed by atoms with Crippen molar-refractivity contribution in [3.8, 4) is 5.75 Å². The van der Waals surface area contributed by atoms with E-state index in [1.807, 2.05) is 19.1 Å². The van der Waals surface area contributed by atoms with E-state index >= 15 is 0 Å². The van der Waals surface area contributed by atoms with Gasteiger partial charge in [-0.25, -0.2) is 0 Å². The summed E-state index contributed by atoms with van der Waals surface area (Å²) in [4.78, 5) is 0. The predicted molar refractivity (Wildman–Crippen MR) is 72.9 cm³/mol. The fourth-order valence-electron chi connectivity index (χ4n) is 1.41. The van der Waals surface area contributed by atoms with Crippen molar-refractivity contribution < 1.29 is 4.74 Å². The Kier molecular flexibility index (Phi) is 4.25. The Morgan fingerprint density at radius 1 is 1.31 bits per heavy atom. The van der Waals surface area contributed by atoms with Crippen LogP contribution in [0, 0.1) is 12.3 Å². The summed E-state index contributed by atoms with van der Waals surface area (Å²) in [5.74, 6) is 0.812. The van der Waals surface area contributed by atoms with Gasteiger partial charge in [0.1, 0.15) is 5.75 Å². The number of nitrogen functional groups attached to an aromatic ring is 1. The molecule has 0 aliphatic carbocycles. The molecule has 0 fully saturated rings. The monoisotopic (exact) mass is 285 g/mol. The summed E-state index contributed by atoms with van der Waals surface area (Å²) in [7, 11) is 0. The van der Waals surface area contributed by atoms with Crippen molar-refractivity contribution in [2.75, 3.05) is 12.3 Å². The minimum atomic E-state index is 0.290. The maximum Gasteiger partial charge on any atom is 0.145 e. The second-order valence-corrected chi connectivity index (χ2v) is 6.22. The zero-order chi connectivity index (χ0) is 12.3. The van der Waals surface area contributed by atoms with Crippen molar-refractivity contribution >= 4 is 21.6 Å². The minimum Gasteiger partial charge on any atom is -0.491 e. The number of aryl methyl sites for hydroxylation is 1. The van der Waals surface area contributed by atoms with Crippen LogP contribution in [0.3, 0.4) is 0 Å². The standard InChI is InChI=1S/C13H20BrNO/c1-9-7-10(14)8-11(15)12(9)16-6-5-13(2,3)4/h7-8H,5-6,15H2,1-4H3. The van der Waals surface area contributed by atoms with Gasteiger partial charge in [0.05, 0.1) is 12.3 Å². The van der Waals surface area contributed by atoms with E-state index < -0.39 is 0 Å². The van der Waals surface area contributed by atoms with Gasteiger partial charge in [0.25, 0.3) is 0 Å². The van der Waals surface area contributed by atoms with E-state index in [1.165, 1.54) is 0 Å². The number of hydrogen-bond acceptors (Lipinski definition) is 2. The molecule has 16 heavy (non-hydrogen) atoms. The van der Waals surface area contributed by atoms with E-state index in [2.05, 4.69) is 36.7 Å². The van der Waals surface area contributed by atoms with Gasteiger partial charge in [-0.3, -0.25) is 0 Å². The molecule has 0 spiro atoms. The highest BCUT2D eigenvalue weighted by atomic mass is 79.9. The highest BCUT2D eigenvalue weighted by Gasteiger charge is 2.12. The molecule has 0 heterocycles. The molecule has 90 valence electrons. The Bertz CT molecular complexity index is 346. The van der Waals surface area contributed by atoms with Crippen LogP contribution < -0.4 is 10.5 Å². The fraction of sp³-hybridized carbons (Fsp3) is 0.538. The van der Waals surface area contributed by atoms with Crippen molar-refractivity contribution in [2.24, 2.45) is 5.41 Å². The SMILES string of the molecule is Cc1cc(Br)cc(N)c1OCCC(C)(C)C. The molecule has 1 rings (SSSR count). The molecular weight excluding hydrogens is 266 g/mol. The first-order valence-corrected chi connectivity index (χ1v) is 6.27. The van der Waals surface area contributed by atoms with Gasteiger partial charge in [0, 0.05) is 4.47 Å². The van der Waals surface area contributed by atoms with Gasteiger partial charge in [0.15, 0.2) is 0 Å². The van der Waals surface area contributed by atoms with Crippen LogP contribution in [0.5, 0.6) is 5.75 Å². The third-order valence-corrected chi connectivity index (χ3v) is 2.82. The van der Waals surface area contributed by atoms with Crippen molar-refractivity contribution in [2.45, 2.75) is 34.1 Å². The third-order valence-electron chi connectivity index (χ3n) is 2.37. The first kappa shape index (κ1) is 13.4. The topological polar surface area (TPSA) is 35.2 Å². The van der Waals surface area contributed by atoms with E-state index in [1.54, 1.807) is 0 Å². The molecule has 1 aromatic carbocycles. The molecule has 0 atom stereocenters. The van der Waals surface area contributed by atoms with Gasteiger partial charge >= 0.3 is 0 Å². The fourth-order valence-corrected chi connectivity index (χ4v) is 2.00. The van der Waals surface area contributed by atoms with Crippen LogP contribution in [0.25, 0.3) is 0 Å². The third kappa shape index (κ3) is 4.05. The summed E-state index contributed by atoms with van der Waals surface area (Å²) in [5.41, 5.74) is 7.97. The summed E-state index contributed by atoms with van der Waals surface area (Å²) < 4.78 is 6.74. The van der Waals surface area contributed by atoms with Gasteiger partial charge in [-0.15, -0.1) is 0 Å². The summed E-state index contributed by atoms with van der Waals surface area (Å²) in [6.07, 6.45) is 1.02. The molecule has 0 aromatic heterocycles. The Balaban J connectivity index is 2.68. The average molecular weight is 286 g/mol. The van der Waals surface area contributed by atoms with Gasteiger partial charge in [0.2, 0.25) is 0 Å². The zero-order valence-corrected chi connectivity index (χ0v) is 12.0. The number of hydrogen-bond donors (Lipinski definition) is 1. The van der Waals surface area contributed by atoms with E-state index in [-0.39, 0.29) is 5.41 Å². The molecule has 3 heteroatoms. The Morgan fingerprint density at radius 3 is 2.44 bits per heavy atom. The van der Waals surface area contributed by atoms with Crippen molar-refractivity contribution in [1.82, 2.24) is 0 Å². The van der Waals surface area contributed by atoms with Gasteiger partial charge in [-0.1, -0.05) is 36.7 Å². The predicted octanol–water partition coefficient (Wildman–Crippen LogP) is 4.15. The number of benzene rings is 1. The molecule has 0 amide bonds. The van der Waals surface area contributed by atoms with Crippen LogP contribution in [-0.2, 0) is 0 Å². The van der Waals surface area contributed by atoms with E-state index in [9.17, 15) is 0 Å². The van der Waals surface area contributed by atoms with E-state index in [0.29, 0.717) is 12.3 Å². The average Bonchev–Trinajstić information content (AvgIpc) is 2.07. The summed E-state index contributed by atoms with van der Waals surface area (Å²) in [5, 5.41) is 0. The van der Waals surface area contributed by atoms with Crippen LogP contribution in [0.2, 0.25) is 0 Å². The molecule has 2 nitrogen and oxygen atoms in total. The van der Waals surface area contributed by atoms with Crippen molar-refractivity contribution in [3.63, 3.8) is 0 Å². The Hall–Kier alpha value is -0.700. The lowest BCUT2D eigenvalue weighted by Crippen LogP contribution is -2.12. The molecule has 0 bridgehead atoms. The second-order valence-electron chi connectivity index (χ2n) is 5.30. The zero-order valence-electron chi connectivity index (χ0n) is 10.4. The molecule has 0 unspecified atom stereocenters. The maximum absolute atomic E-state index is 5.92. The largest absolute Gasteiger partial charge is 0.491 e. The lowest BCUT2D eigenvalue weighted by atomic mass is 9.93. The van der Waals surface area contributed by atoms with Crippen LogP contribution in [0.1, 0.15) is 32.8 Å². The smallest absolute Gasteiger partial charge is 0.145 e. The maximum atomic E-state index is 5.92. The lowest BCUT2D eigenvalue weighted by molar-refractivity contribution is 0.243. The van der Waals surface area contributed by atoms with Crippen molar-refractivity contribution in [1.29, 1.82) is 0 Å². The highest BCUT2D eigenvalue weighted by Crippen LogP contribution is 2.30. The molecular formula is C13H20BrNO. The van der Waals surface area contributed by atoms with Gasteiger partial charge < -0.3 is 10.5 Å². The molecule has 0 aliphatic heterocycles. The number of rotatable bonds is 3. The Morgan fingerprint density at radius 2 is 1.94 bits per heavy atom. The van der Waals surface area contributed by atoms with Crippen LogP contribution in [0.4, 0.5) is 5.69 Å². The molecule has 0 saturated carbocycles. The highest BCUT2D eigenvalue weighted by molar-refractivity contribution is 9.10. The molecule has 0 aliphatic rings.